The molecule has 2 aromatic rings. The number of rotatable bonds is 4. The van der Waals surface area contributed by atoms with Crippen molar-refractivity contribution in [2.75, 3.05) is 23.5 Å². The molecule has 0 aliphatic carbocycles. The summed E-state index contributed by atoms with van der Waals surface area (Å²) < 4.78 is 30.0. The van der Waals surface area contributed by atoms with Crippen LogP contribution in [0.4, 0.5) is 10.5 Å². The second kappa shape index (κ2) is 6.81. The fraction of sp³-hybridized carbons (Fsp3) is 0.381. The summed E-state index contributed by atoms with van der Waals surface area (Å²) in [5, 5.41) is 0. The largest absolute Gasteiger partial charge is 0.497 e. The fourth-order valence-corrected chi connectivity index (χ4v) is 6.27. The van der Waals surface area contributed by atoms with Crippen LogP contribution >= 0.6 is 0 Å². The molecule has 6 nitrogen and oxygen atoms in total. The van der Waals surface area contributed by atoms with Gasteiger partial charge in [-0.2, -0.15) is 0 Å². The number of sulfone groups is 1. The molecule has 0 spiro atoms. The van der Waals surface area contributed by atoms with E-state index in [4.69, 9.17) is 4.74 Å². The SMILES string of the molecule is COc1cccc(CN2C(=O)N(c3cc(C)cc(C)c3)[C@H]3CS(=O)(=O)C[C@@H]32)c1. The Kier molecular flexibility index (Phi) is 4.57. The summed E-state index contributed by atoms with van der Waals surface area (Å²) in [4.78, 5) is 16.7. The molecule has 0 aromatic heterocycles. The van der Waals surface area contributed by atoms with Gasteiger partial charge in [0.25, 0.3) is 0 Å². The lowest BCUT2D eigenvalue weighted by Crippen LogP contribution is -2.37. The van der Waals surface area contributed by atoms with Crippen molar-refractivity contribution in [2.45, 2.75) is 32.5 Å². The molecule has 0 N–H and O–H groups in total. The molecule has 4 rings (SSSR count). The number of anilines is 1. The average Bonchev–Trinajstić information content (AvgIpc) is 3.05. The predicted molar refractivity (Wildman–Crippen MR) is 109 cm³/mol. The molecule has 7 heteroatoms. The highest BCUT2D eigenvalue weighted by Gasteiger charge is 2.53. The molecule has 2 aliphatic heterocycles. The number of nitrogens with zero attached hydrogens (tertiary/aromatic N) is 2. The van der Waals surface area contributed by atoms with Gasteiger partial charge in [0.05, 0.1) is 30.7 Å². The Labute approximate surface area is 165 Å². The van der Waals surface area contributed by atoms with Crippen molar-refractivity contribution in [1.82, 2.24) is 4.90 Å². The van der Waals surface area contributed by atoms with Gasteiger partial charge in [0.2, 0.25) is 0 Å². The van der Waals surface area contributed by atoms with E-state index in [2.05, 4.69) is 0 Å². The molecule has 28 heavy (non-hydrogen) atoms. The molecule has 2 saturated heterocycles. The smallest absolute Gasteiger partial charge is 0.325 e. The number of fused-ring (bicyclic) bond motifs is 1. The number of ether oxygens (including phenoxy) is 1. The normalized spacial score (nSPS) is 23.2. The quantitative estimate of drug-likeness (QED) is 0.740. The summed E-state index contributed by atoms with van der Waals surface area (Å²) in [6.07, 6.45) is 0. The van der Waals surface area contributed by atoms with Crippen LogP contribution in [0.5, 0.6) is 5.75 Å². The van der Waals surface area contributed by atoms with Crippen molar-refractivity contribution in [3.8, 4) is 5.75 Å². The first-order chi connectivity index (χ1) is 13.3. The molecule has 2 atom stereocenters. The van der Waals surface area contributed by atoms with Gasteiger partial charge in [-0.05, 0) is 54.8 Å². The topological polar surface area (TPSA) is 66.9 Å². The average molecular weight is 401 g/mol. The van der Waals surface area contributed by atoms with Crippen molar-refractivity contribution >= 4 is 21.6 Å². The van der Waals surface area contributed by atoms with E-state index in [-0.39, 0.29) is 29.6 Å². The van der Waals surface area contributed by atoms with Crippen LogP contribution in [0, 0.1) is 13.8 Å². The van der Waals surface area contributed by atoms with Gasteiger partial charge < -0.3 is 9.64 Å². The van der Waals surface area contributed by atoms with Crippen molar-refractivity contribution in [3.63, 3.8) is 0 Å². The van der Waals surface area contributed by atoms with Crippen LogP contribution in [-0.4, -0.2) is 50.0 Å². The summed E-state index contributed by atoms with van der Waals surface area (Å²) in [6, 6.07) is 12.6. The van der Waals surface area contributed by atoms with E-state index in [0.717, 1.165) is 22.4 Å². The first-order valence-electron chi connectivity index (χ1n) is 9.29. The van der Waals surface area contributed by atoms with Crippen LogP contribution in [0.3, 0.4) is 0 Å². The summed E-state index contributed by atoms with van der Waals surface area (Å²) >= 11 is 0. The Balaban J connectivity index is 1.72. The molecule has 2 aliphatic rings. The van der Waals surface area contributed by atoms with Gasteiger partial charge in [-0.25, -0.2) is 13.2 Å². The molecule has 2 amide bonds. The zero-order valence-electron chi connectivity index (χ0n) is 16.3. The lowest BCUT2D eigenvalue weighted by atomic mass is 10.1. The minimum Gasteiger partial charge on any atom is -0.497 e. The van der Waals surface area contributed by atoms with Crippen LogP contribution in [-0.2, 0) is 16.4 Å². The minimum atomic E-state index is -3.19. The molecule has 0 bridgehead atoms. The third kappa shape index (κ3) is 3.35. The molecular formula is C21H24N2O4S. The standard InChI is InChI=1S/C21H24N2O4S/c1-14-7-15(2)9-17(8-14)23-20-13-28(25,26)12-19(20)22(21(23)24)11-16-5-4-6-18(10-16)27-3/h4-10,19-20H,11-13H2,1-3H3/t19-,20-/m0/s1. The minimum absolute atomic E-state index is 0.00497. The van der Waals surface area contributed by atoms with Crippen LogP contribution < -0.4 is 9.64 Å². The maximum atomic E-state index is 13.3. The molecule has 2 heterocycles. The van der Waals surface area contributed by atoms with Gasteiger partial charge >= 0.3 is 6.03 Å². The molecule has 0 radical (unpaired) electrons. The van der Waals surface area contributed by atoms with Crippen LogP contribution in [0.2, 0.25) is 0 Å². The van der Waals surface area contributed by atoms with Crippen molar-refractivity contribution in [2.24, 2.45) is 0 Å². The van der Waals surface area contributed by atoms with E-state index in [9.17, 15) is 13.2 Å². The molecule has 2 aromatic carbocycles. The Morgan fingerprint density at radius 3 is 2.39 bits per heavy atom. The third-order valence-corrected chi connectivity index (χ3v) is 7.15. The first-order valence-corrected chi connectivity index (χ1v) is 11.1. The van der Waals surface area contributed by atoms with Gasteiger partial charge in [0, 0.05) is 12.2 Å². The van der Waals surface area contributed by atoms with Crippen LogP contribution in [0.15, 0.2) is 42.5 Å². The second-order valence-corrected chi connectivity index (χ2v) is 9.84. The number of methoxy groups -OCH3 is 1. The Morgan fingerprint density at radius 2 is 1.71 bits per heavy atom. The second-order valence-electron chi connectivity index (χ2n) is 7.69. The maximum absolute atomic E-state index is 13.3. The lowest BCUT2D eigenvalue weighted by Gasteiger charge is -2.23. The molecule has 0 saturated carbocycles. The summed E-state index contributed by atoms with van der Waals surface area (Å²) in [5.74, 6) is 0.727. The zero-order valence-corrected chi connectivity index (χ0v) is 17.1. The number of carbonyl (C=O) groups is 1. The number of carbonyl (C=O) groups excluding carboxylic acids is 1. The number of hydrogen-bond donors (Lipinski definition) is 0. The van der Waals surface area contributed by atoms with Gasteiger partial charge in [-0.15, -0.1) is 0 Å². The Hall–Kier alpha value is -2.54. The van der Waals surface area contributed by atoms with Gasteiger partial charge in [0.15, 0.2) is 9.84 Å². The van der Waals surface area contributed by atoms with Gasteiger partial charge in [-0.1, -0.05) is 18.2 Å². The monoisotopic (exact) mass is 400 g/mol. The van der Waals surface area contributed by atoms with E-state index >= 15 is 0 Å². The van der Waals surface area contributed by atoms with E-state index in [1.807, 2.05) is 56.3 Å². The van der Waals surface area contributed by atoms with Crippen molar-refractivity contribution in [3.05, 3.63) is 59.2 Å². The number of benzene rings is 2. The van der Waals surface area contributed by atoms with Gasteiger partial charge in [-0.3, -0.25) is 4.90 Å². The first kappa shape index (κ1) is 18.8. The molecule has 0 unspecified atom stereocenters. The van der Waals surface area contributed by atoms with E-state index in [0.29, 0.717) is 12.3 Å². The summed E-state index contributed by atoms with van der Waals surface area (Å²) in [5.41, 5.74) is 3.78. The van der Waals surface area contributed by atoms with Crippen LogP contribution in [0.1, 0.15) is 16.7 Å². The Morgan fingerprint density at radius 1 is 1.04 bits per heavy atom. The molecule has 2 fully saturated rings. The lowest BCUT2D eigenvalue weighted by molar-refractivity contribution is 0.206. The van der Waals surface area contributed by atoms with E-state index in [1.165, 1.54) is 0 Å². The zero-order chi connectivity index (χ0) is 20.1. The molecular weight excluding hydrogens is 376 g/mol. The Bertz CT molecular complexity index is 1010. The summed E-state index contributed by atoms with van der Waals surface area (Å²) in [7, 11) is -1.59. The van der Waals surface area contributed by atoms with Gasteiger partial charge in [0.1, 0.15) is 5.75 Å². The fourth-order valence-electron chi connectivity index (χ4n) is 4.32. The molecule has 148 valence electrons. The number of aryl methyl sites for hydroxylation is 2. The van der Waals surface area contributed by atoms with Crippen molar-refractivity contribution < 1.29 is 17.9 Å². The highest BCUT2D eigenvalue weighted by Crippen LogP contribution is 2.36. The maximum Gasteiger partial charge on any atom is 0.325 e. The van der Waals surface area contributed by atoms with Crippen molar-refractivity contribution in [1.29, 1.82) is 0 Å². The van der Waals surface area contributed by atoms with E-state index in [1.54, 1.807) is 16.9 Å². The highest BCUT2D eigenvalue weighted by atomic mass is 32.2. The number of hydrogen-bond acceptors (Lipinski definition) is 4. The highest BCUT2D eigenvalue weighted by molar-refractivity contribution is 7.91. The number of amides is 2. The van der Waals surface area contributed by atoms with Crippen LogP contribution in [0.25, 0.3) is 0 Å². The number of urea groups is 1. The predicted octanol–water partition coefficient (Wildman–Crippen LogP) is 2.92. The summed E-state index contributed by atoms with van der Waals surface area (Å²) in [6.45, 7) is 4.32. The third-order valence-electron chi connectivity index (χ3n) is 5.45. The van der Waals surface area contributed by atoms with E-state index < -0.39 is 9.84 Å².